The summed E-state index contributed by atoms with van der Waals surface area (Å²) in [5.74, 6) is 0.107. The Morgan fingerprint density at radius 3 is 2.88 bits per heavy atom. The van der Waals surface area contributed by atoms with Crippen molar-refractivity contribution in [3.8, 4) is 0 Å². The first-order valence-electron chi connectivity index (χ1n) is 5.64. The summed E-state index contributed by atoms with van der Waals surface area (Å²) in [6.07, 6.45) is 1.48. The molecule has 1 atom stereocenters. The number of hydrogen-bond acceptors (Lipinski definition) is 3. The van der Waals surface area contributed by atoms with Crippen molar-refractivity contribution in [1.82, 2.24) is 4.90 Å². The molecule has 0 saturated carbocycles. The number of rotatable bonds is 6. The van der Waals surface area contributed by atoms with E-state index in [0.29, 0.717) is 19.4 Å². The molecule has 0 bridgehead atoms. The molecule has 1 unspecified atom stereocenters. The van der Waals surface area contributed by atoms with E-state index in [-0.39, 0.29) is 12.0 Å². The normalized spacial score (nSPS) is 12.5. The molecule has 17 heavy (non-hydrogen) atoms. The highest BCUT2D eigenvalue weighted by molar-refractivity contribution is 7.10. The molecule has 5 heteroatoms. The summed E-state index contributed by atoms with van der Waals surface area (Å²) in [4.78, 5) is 14.6. The highest BCUT2D eigenvalue weighted by Gasteiger charge is 2.10. The van der Waals surface area contributed by atoms with Gasteiger partial charge in [0.15, 0.2) is 0 Å². The monoisotopic (exact) mass is 275 g/mol. The third-order valence-electron chi connectivity index (χ3n) is 2.52. The lowest BCUT2D eigenvalue weighted by molar-refractivity contribution is -0.130. The number of aliphatic hydroxyl groups is 1. The van der Waals surface area contributed by atoms with E-state index < -0.39 is 0 Å². The van der Waals surface area contributed by atoms with Gasteiger partial charge in [0.05, 0.1) is 11.1 Å². The fraction of sp³-hybridized carbons (Fsp3) is 0.583. The summed E-state index contributed by atoms with van der Waals surface area (Å²) in [5, 5.41) is 11.8. The predicted molar refractivity (Wildman–Crippen MR) is 71.6 cm³/mol. The van der Waals surface area contributed by atoms with Crippen molar-refractivity contribution < 1.29 is 9.90 Å². The van der Waals surface area contributed by atoms with Gasteiger partial charge in [-0.2, -0.15) is 0 Å². The molecule has 1 aromatic rings. The number of nitrogens with zero attached hydrogens (tertiary/aromatic N) is 1. The number of carbonyl (C=O) groups excluding carboxylic acids is 1. The first kappa shape index (κ1) is 14.5. The van der Waals surface area contributed by atoms with Crippen LogP contribution in [0, 0.1) is 0 Å². The summed E-state index contributed by atoms with van der Waals surface area (Å²) in [5.41, 5.74) is 0. The maximum atomic E-state index is 11.8. The minimum atomic E-state index is -0.360. The molecular formula is C12H18ClNO2S. The summed E-state index contributed by atoms with van der Waals surface area (Å²) < 4.78 is 0. The van der Waals surface area contributed by atoms with Crippen molar-refractivity contribution in [3.05, 3.63) is 21.3 Å². The van der Waals surface area contributed by atoms with Gasteiger partial charge in [-0.1, -0.05) is 11.6 Å². The molecule has 0 spiro atoms. The first-order valence-corrected chi connectivity index (χ1v) is 6.89. The molecular weight excluding hydrogens is 258 g/mol. The quantitative estimate of drug-likeness (QED) is 0.867. The third kappa shape index (κ3) is 5.52. The van der Waals surface area contributed by atoms with Crippen molar-refractivity contribution in [2.24, 2.45) is 0 Å². The smallest absolute Gasteiger partial charge is 0.222 e. The lowest BCUT2D eigenvalue weighted by Crippen LogP contribution is -2.29. The lowest BCUT2D eigenvalue weighted by atomic mass is 10.2. The molecule has 1 aromatic heterocycles. The van der Waals surface area contributed by atoms with Crippen molar-refractivity contribution in [1.29, 1.82) is 0 Å². The molecule has 0 aliphatic rings. The van der Waals surface area contributed by atoms with Crippen LogP contribution in [0.3, 0.4) is 0 Å². The predicted octanol–water partition coefficient (Wildman–Crippen LogP) is 2.56. The van der Waals surface area contributed by atoms with Crippen LogP contribution in [-0.4, -0.2) is 35.6 Å². The van der Waals surface area contributed by atoms with E-state index in [2.05, 4.69) is 0 Å². The van der Waals surface area contributed by atoms with Gasteiger partial charge in [0.25, 0.3) is 0 Å². The van der Waals surface area contributed by atoms with Crippen LogP contribution in [0.1, 0.15) is 24.6 Å². The van der Waals surface area contributed by atoms with Crippen LogP contribution in [-0.2, 0) is 11.2 Å². The van der Waals surface area contributed by atoms with E-state index >= 15 is 0 Å². The van der Waals surface area contributed by atoms with Crippen LogP contribution in [0.25, 0.3) is 0 Å². The van der Waals surface area contributed by atoms with E-state index in [1.54, 1.807) is 30.2 Å². The van der Waals surface area contributed by atoms with Crippen LogP contribution in [0.5, 0.6) is 0 Å². The highest BCUT2D eigenvalue weighted by Crippen LogP contribution is 2.20. The van der Waals surface area contributed by atoms with E-state index in [4.69, 9.17) is 16.7 Å². The maximum Gasteiger partial charge on any atom is 0.222 e. The average molecular weight is 276 g/mol. The number of thiophene rings is 1. The summed E-state index contributed by atoms with van der Waals surface area (Å²) in [6.45, 7) is 2.33. The highest BCUT2D eigenvalue weighted by atomic mass is 35.5. The second-order valence-corrected chi connectivity index (χ2v) is 5.62. The van der Waals surface area contributed by atoms with Crippen molar-refractivity contribution in [2.75, 3.05) is 13.6 Å². The van der Waals surface area contributed by atoms with Crippen molar-refractivity contribution in [3.63, 3.8) is 0 Å². The summed E-state index contributed by atoms with van der Waals surface area (Å²) >= 11 is 7.39. The second-order valence-electron chi connectivity index (χ2n) is 4.18. The molecule has 0 fully saturated rings. The zero-order valence-corrected chi connectivity index (χ0v) is 11.7. The fourth-order valence-corrected chi connectivity index (χ4v) is 2.49. The van der Waals surface area contributed by atoms with Crippen LogP contribution in [0.15, 0.2) is 11.4 Å². The fourth-order valence-electron chi connectivity index (χ4n) is 1.41. The van der Waals surface area contributed by atoms with Crippen molar-refractivity contribution in [2.45, 2.75) is 32.3 Å². The molecule has 0 saturated heterocycles. The van der Waals surface area contributed by atoms with Gasteiger partial charge >= 0.3 is 0 Å². The van der Waals surface area contributed by atoms with Crippen LogP contribution in [0.2, 0.25) is 5.02 Å². The molecule has 1 rings (SSSR count). The van der Waals surface area contributed by atoms with Crippen LogP contribution >= 0.6 is 22.9 Å². The number of carbonyl (C=O) groups is 1. The number of hydrogen-bond donors (Lipinski definition) is 1. The molecule has 0 aliphatic heterocycles. The Bertz CT molecular complexity index is 365. The van der Waals surface area contributed by atoms with Gasteiger partial charge in [-0.25, -0.2) is 0 Å². The van der Waals surface area contributed by atoms with Gasteiger partial charge in [-0.15, -0.1) is 11.3 Å². The van der Waals surface area contributed by atoms with Crippen LogP contribution < -0.4 is 0 Å². The molecule has 1 amide bonds. The van der Waals surface area contributed by atoms with Gasteiger partial charge in [0.1, 0.15) is 0 Å². The largest absolute Gasteiger partial charge is 0.393 e. The molecule has 96 valence electrons. The topological polar surface area (TPSA) is 40.5 Å². The van der Waals surface area contributed by atoms with Crippen LogP contribution in [0.4, 0.5) is 0 Å². The van der Waals surface area contributed by atoms with E-state index in [9.17, 15) is 4.79 Å². The summed E-state index contributed by atoms with van der Waals surface area (Å²) in [6, 6.07) is 1.90. The Balaban J connectivity index is 2.29. The molecule has 0 aromatic carbocycles. The molecule has 3 nitrogen and oxygen atoms in total. The molecule has 1 heterocycles. The van der Waals surface area contributed by atoms with Crippen molar-refractivity contribution >= 4 is 28.8 Å². The Labute approximate surface area is 111 Å². The molecule has 0 radical (unpaired) electrons. The standard InChI is InChI=1S/C12H18ClNO2S/c1-9(15)5-6-14(2)12(16)4-3-11-7-10(13)8-17-11/h7-9,15H,3-6H2,1-2H3. The van der Waals surface area contributed by atoms with Gasteiger partial charge in [-0.3, -0.25) is 4.79 Å². The number of aryl methyl sites for hydroxylation is 1. The third-order valence-corrected chi connectivity index (χ3v) is 3.86. The zero-order chi connectivity index (χ0) is 12.8. The average Bonchev–Trinajstić information content (AvgIpc) is 2.68. The van der Waals surface area contributed by atoms with E-state index in [1.165, 1.54) is 0 Å². The molecule has 1 N–H and O–H groups in total. The van der Waals surface area contributed by atoms with E-state index in [1.807, 2.05) is 11.4 Å². The minimum Gasteiger partial charge on any atom is -0.393 e. The Kier molecular flexibility index (Phi) is 5.95. The van der Waals surface area contributed by atoms with Gasteiger partial charge < -0.3 is 10.0 Å². The maximum absolute atomic E-state index is 11.8. The number of aliphatic hydroxyl groups excluding tert-OH is 1. The van der Waals surface area contributed by atoms with Gasteiger partial charge in [0.2, 0.25) is 5.91 Å². The SMILES string of the molecule is CC(O)CCN(C)C(=O)CCc1cc(Cl)cs1. The Hall–Kier alpha value is -0.580. The van der Waals surface area contributed by atoms with Gasteiger partial charge in [0, 0.05) is 30.3 Å². The second kappa shape index (κ2) is 6.99. The van der Waals surface area contributed by atoms with E-state index in [0.717, 1.165) is 16.3 Å². The number of amides is 1. The minimum absolute atomic E-state index is 0.107. The zero-order valence-electron chi connectivity index (χ0n) is 10.1. The number of halogens is 1. The molecule has 0 aliphatic carbocycles. The first-order chi connectivity index (χ1) is 7.99. The Morgan fingerprint density at radius 1 is 1.65 bits per heavy atom. The lowest BCUT2D eigenvalue weighted by Gasteiger charge is -2.17. The summed E-state index contributed by atoms with van der Waals surface area (Å²) in [7, 11) is 1.77. The Morgan fingerprint density at radius 2 is 2.35 bits per heavy atom. The van der Waals surface area contributed by atoms with Gasteiger partial charge in [-0.05, 0) is 25.8 Å².